The smallest absolute Gasteiger partial charge is 0.251 e. The van der Waals surface area contributed by atoms with Gasteiger partial charge in [0.15, 0.2) is 0 Å². The molecular weight excluding hydrogens is 330 g/mol. The van der Waals surface area contributed by atoms with Crippen molar-refractivity contribution in [2.75, 3.05) is 0 Å². The van der Waals surface area contributed by atoms with Gasteiger partial charge in [-0.25, -0.2) is 4.98 Å². The lowest BCUT2D eigenvalue weighted by Crippen LogP contribution is -2.44. The van der Waals surface area contributed by atoms with Gasteiger partial charge in [0.25, 0.3) is 5.91 Å². The number of rotatable bonds is 7. The molecule has 1 aromatic heterocycles. The summed E-state index contributed by atoms with van der Waals surface area (Å²) < 4.78 is 0. The molecule has 2 aromatic carbocycles. The Hall–Kier alpha value is -3.19. The molecule has 0 saturated heterocycles. The molecule has 6 N–H and O–H groups in total. The highest BCUT2D eigenvalue weighted by Gasteiger charge is 2.21. The fourth-order valence-electron chi connectivity index (χ4n) is 2.82. The molecule has 0 aliphatic carbocycles. The van der Waals surface area contributed by atoms with E-state index in [0.717, 1.165) is 10.8 Å². The van der Waals surface area contributed by atoms with Gasteiger partial charge in [-0.3, -0.25) is 9.59 Å². The monoisotopic (exact) mass is 351 g/mol. The number of imidazole rings is 1. The van der Waals surface area contributed by atoms with Crippen molar-refractivity contribution < 1.29 is 9.59 Å². The average molecular weight is 351 g/mol. The van der Waals surface area contributed by atoms with Gasteiger partial charge in [-0.05, 0) is 35.7 Å². The molecule has 7 heteroatoms. The second-order valence-electron chi connectivity index (χ2n) is 6.15. The minimum absolute atomic E-state index is 0.330. The van der Waals surface area contributed by atoms with Crippen LogP contribution in [0.25, 0.3) is 10.8 Å². The maximum atomic E-state index is 12.5. The Balaban J connectivity index is 1.66. The molecule has 0 aliphatic rings. The summed E-state index contributed by atoms with van der Waals surface area (Å²) >= 11 is 0. The normalized spacial score (nSPS) is 13.3. The van der Waals surface area contributed by atoms with E-state index < -0.39 is 11.9 Å². The maximum absolute atomic E-state index is 12.5. The molecule has 26 heavy (non-hydrogen) atoms. The highest BCUT2D eigenvalue weighted by molar-refractivity contribution is 6.00. The van der Waals surface area contributed by atoms with E-state index in [9.17, 15) is 9.59 Å². The molecule has 0 aliphatic heterocycles. The van der Waals surface area contributed by atoms with E-state index in [1.807, 2.05) is 30.3 Å². The summed E-state index contributed by atoms with van der Waals surface area (Å²) in [4.78, 5) is 31.3. The Bertz CT molecular complexity index is 907. The number of carbonyl (C=O) groups excluding carboxylic acids is 2. The van der Waals surface area contributed by atoms with Crippen molar-refractivity contribution >= 4 is 22.6 Å². The van der Waals surface area contributed by atoms with E-state index in [4.69, 9.17) is 11.5 Å². The molecule has 3 aromatic rings. The first-order valence-corrected chi connectivity index (χ1v) is 8.38. The molecule has 0 bridgehead atoms. The topological polar surface area (TPSA) is 127 Å². The highest BCUT2D eigenvalue weighted by Crippen LogP contribution is 2.16. The number of amides is 2. The fraction of sp³-hybridized carbons (Fsp3) is 0.211. The number of nitrogens with two attached hydrogens (primary N) is 2. The molecule has 0 radical (unpaired) electrons. The third-order valence-corrected chi connectivity index (χ3v) is 4.30. The molecule has 1 unspecified atom stereocenters. The first-order valence-electron chi connectivity index (χ1n) is 8.38. The SMILES string of the molecule is NC(=O)[C@H](CCC(N)c1ncc[nH]1)NC(=O)c1ccc2ccccc2c1. The largest absolute Gasteiger partial charge is 0.368 e. The van der Waals surface area contributed by atoms with E-state index >= 15 is 0 Å². The van der Waals surface area contributed by atoms with Crippen LogP contribution < -0.4 is 16.8 Å². The molecule has 2 amide bonds. The van der Waals surface area contributed by atoms with Crippen LogP contribution in [0.3, 0.4) is 0 Å². The zero-order valence-electron chi connectivity index (χ0n) is 14.2. The summed E-state index contributed by atoms with van der Waals surface area (Å²) in [5.41, 5.74) is 12.0. The van der Waals surface area contributed by atoms with Gasteiger partial charge in [-0.1, -0.05) is 30.3 Å². The van der Waals surface area contributed by atoms with Gasteiger partial charge in [-0.15, -0.1) is 0 Å². The van der Waals surface area contributed by atoms with E-state index in [1.165, 1.54) is 0 Å². The Labute approximate surface area is 150 Å². The number of nitrogens with one attached hydrogen (secondary N) is 2. The van der Waals surface area contributed by atoms with Crippen LogP contribution >= 0.6 is 0 Å². The summed E-state index contributed by atoms with van der Waals surface area (Å²) in [5, 5.41) is 4.69. The minimum Gasteiger partial charge on any atom is -0.368 e. The van der Waals surface area contributed by atoms with Crippen molar-refractivity contribution in [3.05, 3.63) is 66.2 Å². The van der Waals surface area contributed by atoms with Crippen LogP contribution in [0.4, 0.5) is 0 Å². The van der Waals surface area contributed by atoms with Crippen LogP contribution in [-0.4, -0.2) is 27.8 Å². The molecule has 0 spiro atoms. The number of aromatic amines is 1. The van der Waals surface area contributed by atoms with E-state index in [1.54, 1.807) is 24.5 Å². The van der Waals surface area contributed by atoms with Crippen molar-refractivity contribution in [2.45, 2.75) is 24.9 Å². The summed E-state index contributed by atoms with van der Waals surface area (Å²) in [5.74, 6) is -0.300. The second-order valence-corrected chi connectivity index (χ2v) is 6.15. The van der Waals surface area contributed by atoms with Crippen molar-refractivity contribution in [2.24, 2.45) is 11.5 Å². The summed E-state index contributed by atoms with van der Waals surface area (Å²) in [7, 11) is 0. The molecule has 134 valence electrons. The van der Waals surface area contributed by atoms with Gasteiger partial charge in [0.2, 0.25) is 5.91 Å². The number of carbonyl (C=O) groups is 2. The predicted octanol–water partition coefficient (Wildman–Crippen LogP) is 1.63. The van der Waals surface area contributed by atoms with Crippen LogP contribution in [0.5, 0.6) is 0 Å². The van der Waals surface area contributed by atoms with Crippen molar-refractivity contribution in [1.29, 1.82) is 0 Å². The van der Waals surface area contributed by atoms with Gasteiger partial charge in [0, 0.05) is 18.0 Å². The fourth-order valence-corrected chi connectivity index (χ4v) is 2.82. The minimum atomic E-state index is -0.796. The van der Waals surface area contributed by atoms with Gasteiger partial charge in [-0.2, -0.15) is 0 Å². The molecule has 0 saturated carbocycles. The zero-order chi connectivity index (χ0) is 18.5. The number of nitrogens with zero attached hydrogens (tertiary/aromatic N) is 1. The molecule has 2 atom stereocenters. The summed E-state index contributed by atoms with van der Waals surface area (Å²) in [6, 6.07) is 12.0. The van der Waals surface area contributed by atoms with Crippen LogP contribution in [0.2, 0.25) is 0 Å². The van der Waals surface area contributed by atoms with Gasteiger partial charge in [0.1, 0.15) is 11.9 Å². The maximum Gasteiger partial charge on any atom is 0.251 e. The number of primary amides is 1. The molecular formula is C19H21N5O2. The third kappa shape index (κ3) is 4.07. The molecule has 7 nitrogen and oxygen atoms in total. The van der Waals surface area contributed by atoms with E-state index in [-0.39, 0.29) is 11.9 Å². The number of hydrogen-bond acceptors (Lipinski definition) is 4. The van der Waals surface area contributed by atoms with Crippen LogP contribution in [0.1, 0.15) is 35.1 Å². The second kappa shape index (κ2) is 7.79. The number of fused-ring (bicyclic) bond motifs is 1. The Morgan fingerprint density at radius 3 is 2.58 bits per heavy atom. The lowest BCUT2D eigenvalue weighted by Gasteiger charge is -2.17. The Morgan fingerprint density at radius 2 is 1.88 bits per heavy atom. The summed E-state index contributed by atoms with van der Waals surface area (Å²) in [6.45, 7) is 0. The number of hydrogen-bond donors (Lipinski definition) is 4. The lowest BCUT2D eigenvalue weighted by atomic mass is 10.0. The standard InChI is InChI=1S/C19H21N5O2/c20-15(18-22-9-10-23-18)7-8-16(17(21)25)24-19(26)14-6-5-12-3-1-2-4-13(12)11-14/h1-6,9-11,15-16H,7-8,20H2,(H2,21,25)(H,22,23)(H,24,26)/t15?,16-/m0/s1. The number of aromatic nitrogens is 2. The van der Waals surface area contributed by atoms with Crippen molar-refractivity contribution in [3.8, 4) is 0 Å². The Morgan fingerprint density at radius 1 is 1.12 bits per heavy atom. The lowest BCUT2D eigenvalue weighted by molar-refractivity contribution is -0.120. The zero-order valence-corrected chi connectivity index (χ0v) is 14.2. The molecule has 0 fully saturated rings. The van der Waals surface area contributed by atoms with Crippen molar-refractivity contribution in [1.82, 2.24) is 15.3 Å². The van der Waals surface area contributed by atoms with Gasteiger partial charge in [0.05, 0.1) is 6.04 Å². The molecule has 3 rings (SSSR count). The van der Waals surface area contributed by atoms with Crippen molar-refractivity contribution in [3.63, 3.8) is 0 Å². The first kappa shape index (κ1) is 17.6. The van der Waals surface area contributed by atoms with Gasteiger partial charge >= 0.3 is 0 Å². The Kier molecular flexibility index (Phi) is 5.28. The van der Waals surface area contributed by atoms with E-state index in [2.05, 4.69) is 15.3 Å². The number of H-pyrrole nitrogens is 1. The predicted molar refractivity (Wildman–Crippen MR) is 99.1 cm³/mol. The first-order chi connectivity index (χ1) is 12.5. The van der Waals surface area contributed by atoms with Crippen LogP contribution in [0.15, 0.2) is 54.9 Å². The van der Waals surface area contributed by atoms with Crippen LogP contribution in [-0.2, 0) is 4.79 Å². The van der Waals surface area contributed by atoms with E-state index in [0.29, 0.717) is 24.2 Å². The highest BCUT2D eigenvalue weighted by atomic mass is 16.2. The van der Waals surface area contributed by atoms with Crippen LogP contribution in [0, 0.1) is 0 Å². The average Bonchev–Trinajstić information content (AvgIpc) is 3.19. The third-order valence-electron chi connectivity index (χ3n) is 4.30. The summed E-state index contributed by atoms with van der Waals surface area (Å²) in [6.07, 6.45) is 4.08. The molecule has 1 heterocycles. The quantitative estimate of drug-likeness (QED) is 0.516. The van der Waals surface area contributed by atoms with Gasteiger partial charge < -0.3 is 21.8 Å². The number of benzene rings is 2.